The Morgan fingerprint density at radius 1 is 1.16 bits per heavy atom. The summed E-state index contributed by atoms with van der Waals surface area (Å²) in [5, 5.41) is 3.70. The van der Waals surface area contributed by atoms with Crippen LogP contribution >= 0.6 is 27.3 Å². The van der Waals surface area contributed by atoms with Crippen LogP contribution in [-0.2, 0) is 10.0 Å². The third-order valence-electron chi connectivity index (χ3n) is 5.77. The van der Waals surface area contributed by atoms with Crippen molar-refractivity contribution in [1.82, 2.24) is 18.8 Å². The van der Waals surface area contributed by atoms with Gasteiger partial charge in [-0.3, -0.25) is 0 Å². The monoisotopic (exact) mass is 516 g/mol. The van der Waals surface area contributed by atoms with Crippen molar-refractivity contribution in [2.24, 2.45) is 0 Å². The van der Waals surface area contributed by atoms with Gasteiger partial charge in [-0.1, -0.05) is 18.2 Å². The smallest absolute Gasteiger partial charge is 0.269 e. The van der Waals surface area contributed by atoms with E-state index >= 15 is 0 Å². The fourth-order valence-electron chi connectivity index (χ4n) is 4.02. The van der Waals surface area contributed by atoms with E-state index in [4.69, 9.17) is 4.98 Å². The Labute approximate surface area is 193 Å². The minimum Gasteiger partial charge on any atom is -0.306 e. The van der Waals surface area contributed by atoms with E-state index in [2.05, 4.69) is 38.2 Å². The molecule has 1 aromatic carbocycles. The second-order valence-corrected chi connectivity index (χ2v) is 11.4. The summed E-state index contributed by atoms with van der Waals surface area (Å²) in [6, 6.07) is 10.3. The first-order chi connectivity index (χ1) is 14.9. The number of benzene rings is 1. The van der Waals surface area contributed by atoms with E-state index in [9.17, 15) is 8.42 Å². The predicted molar refractivity (Wildman–Crippen MR) is 127 cm³/mol. The molecule has 160 valence electrons. The average molecular weight is 517 g/mol. The van der Waals surface area contributed by atoms with Gasteiger partial charge in [0.05, 0.1) is 10.6 Å². The third-order valence-corrected chi connectivity index (χ3v) is 8.76. The molecule has 0 amide bonds. The zero-order valence-electron chi connectivity index (χ0n) is 16.9. The van der Waals surface area contributed by atoms with Crippen LogP contribution in [0, 0.1) is 0 Å². The normalized spacial score (nSPS) is 16.2. The van der Waals surface area contributed by atoms with Crippen molar-refractivity contribution >= 4 is 48.3 Å². The molecule has 4 heterocycles. The van der Waals surface area contributed by atoms with E-state index < -0.39 is 10.0 Å². The van der Waals surface area contributed by atoms with Gasteiger partial charge in [-0.05, 0) is 67.1 Å². The second-order valence-electron chi connectivity index (χ2n) is 7.84. The number of rotatable bonds is 4. The summed E-state index contributed by atoms with van der Waals surface area (Å²) < 4.78 is 28.8. The van der Waals surface area contributed by atoms with Gasteiger partial charge in [0.15, 0.2) is 5.65 Å². The molecular weight excluding hydrogens is 496 g/mol. The molecule has 9 heteroatoms. The molecule has 3 aromatic heterocycles. The number of hydrogen-bond acceptors (Lipinski definition) is 6. The Morgan fingerprint density at radius 3 is 2.65 bits per heavy atom. The molecule has 1 aliphatic heterocycles. The molecule has 31 heavy (non-hydrogen) atoms. The minimum atomic E-state index is -3.78. The SMILES string of the molecule is CN1CCC(c2csc(-c3cn(S(=O)(=O)c4ccccc4)c4ncc(Br)cc34)n2)CC1. The lowest BCUT2D eigenvalue weighted by atomic mass is 9.94. The number of pyridine rings is 1. The first-order valence-corrected chi connectivity index (χ1v) is 13.2. The van der Waals surface area contributed by atoms with Crippen LogP contribution in [0.3, 0.4) is 0 Å². The fourth-order valence-corrected chi connectivity index (χ4v) is 6.62. The van der Waals surface area contributed by atoms with Crippen LogP contribution < -0.4 is 0 Å². The molecule has 1 fully saturated rings. The van der Waals surface area contributed by atoms with E-state index in [1.54, 1.807) is 54.1 Å². The molecule has 1 saturated heterocycles. The molecule has 4 aromatic rings. The summed E-state index contributed by atoms with van der Waals surface area (Å²) in [5.74, 6) is 0.451. The van der Waals surface area contributed by atoms with Crippen LogP contribution in [0.25, 0.3) is 21.6 Å². The number of piperidine rings is 1. The highest BCUT2D eigenvalue weighted by Crippen LogP contribution is 2.37. The number of fused-ring (bicyclic) bond motifs is 1. The molecule has 6 nitrogen and oxygen atoms in total. The van der Waals surface area contributed by atoms with E-state index in [0.29, 0.717) is 11.6 Å². The van der Waals surface area contributed by atoms with Gasteiger partial charge in [-0.2, -0.15) is 0 Å². The maximum atomic E-state index is 13.4. The largest absolute Gasteiger partial charge is 0.306 e. The minimum absolute atomic E-state index is 0.231. The Hall–Kier alpha value is -2.07. The van der Waals surface area contributed by atoms with Crippen molar-refractivity contribution in [2.45, 2.75) is 23.7 Å². The second kappa shape index (κ2) is 8.12. The van der Waals surface area contributed by atoms with Crippen molar-refractivity contribution in [2.75, 3.05) is 20.1 Å². The van der Waals surface area contributed by atoms with E-state index in [1.165, 1.54) is 3.97 Å². The summed E-state index contributed by atoms with van der Waals surface area (Å²) >= 11 is 5.04. The van der Waals surface area contributed by atoms with Gasteiger partial charge >= 0.3 is 0 Å². The zero-order chi connectivity index (χ0) is 21.6. The molecule has 0 aliphatic carbocycles. The lowest BCUT2D eigenvalue weighted by molar-refractivity contribution is 0.254. The number of nitrogens with zero attached hydrogens (tertiary/aromatic N) is 4. The van der Waals surface area contributed by atoms with Crippen LogP contribution in [0.1, 0.15) is 24.5 Å². The van der Waals surface area contributed by atoms with E-state index in [-0.39, 0.29) is 4.90 Å². The summed E-state index contributed by atoms with van der Waals surface area (Å²) in [6.45, 7) is 2.14. The Bertz CT molecular complexity index is 1340. The fraction of sp³-hybridized carbons (Fsp3) is 0.273. The van der Waals surface area contributed by atoms with Crippen molar-refractivity contribution in [3.8, 4) is 10.6 Å². The Balaban J connectivity index is 1.62. The number of halogens is 1. The number of thiazole rings is 1. The van der Waals surface area contributed by atoms with Gasteiger partial charge in [0, 0.05) is 39.1 Å². The van der Waals surface area contributed by atoms with Crippen LogP contribution in [0.5, 0.6) is 0 Å². The maximum Gasteiger partial charge on any atom is 0.269 e. The van der Waals surface area contributed by atoms with Gasteiger partial charge in [-0.25, -0.2) is 22.4 Å². The topological polar surface area (TPSA) is 68.1 Å². The molecule has 0 radical (unpaired) electrons. The van der Waals surface area contributed by atoms with Gasteiger partial charge in [-0.15, -0.1) is 11.3 Å². The zero-order valence-corrected chi connectivity index (χ0v) is 20.1. The lowest BCUT2D eigenvalue weighted by Gasteiger charge is -2.27. The average Bonchev–Trinajstić information content (AvgIpc) is 3.40. The number of likely N-dealkylation sites (tertiary alicyclic amines) is 1. The lowest BCUT2D eigenvalue weighted by Crippen LogP contribution is -2.29. The molecule has 0 bridgehead atoms. The van der Waals surface area contributed by atoms with Gasteiger partial charge < -0.3 is 4.90 Å². The predicted octanol–water partition coefficient (Wildman–Crippen LogP) is 4.97. The molecule has 0 spiro atoms. The van der Waals surface area contributed by atoms with Crippen molar-refractivity contribution < 1.29 is 8.42 Å². The van der Waals surface area contributed by atoms with Crippen LogP contribution in [0.4, 0.5) is 0 Å². The first-order valence-electron chi connectivity index (χ1n) is 10.0. The third kappa shape index (κ3) is 3.84. The quantitative estimate of drug-likeness (QED) is 0.383. The van der Waals surface area contributed by atoms with E-state index in [1.807, 2.05) is 6.07 Å². The highest BCUT2D eigenvalue weighted by Gasteiger charge is 2.25. The molecule has 0 unspecified atom stereocenters. The Morgan fingerprint density at radius 2 is 1.90 bits per heavy atom. The highest BCUT2D eigenvalue weighted by atomic mass is 79.9. The molecule has 0 saturated carbocycles. The van der Waals surface area contributed by atoms with Gasteiger partial charge in [0.25, 0.3) is 10.0 Å². The van der Waals surface area contributed by atoms with Crippen LogP contribution in [0.2, 0.25) is 0 Å². The van der Waals surface area contributed by atoms with Crippen molar-refractivity contribution in [1.29, 1.82) is 0 Å². The molecule has 5 rings (SSSR count). The highest BCUT2D eigenvalue weighted by molar-refractivity contribution is 9.10. The Kier molecular flexibility index (Phi) is 5.45. The maximum absolute atomic E-state index is 13.4. The molecule has 0 N–H and O–H groups in total. The molecular formula is C22H21BrN4O2S2. The summed E-state index contributed by atoms with van der Waals surface area (Å²) in [4.78, 5) is 11.9. The van der Waals surface area contributed by atoms with Crippen molar-refractivity contribution in [3.63, 3.8) is 0 Å². The summed E-state index contributed by atoms with van der Waals surface area (Å²) in [5.41, 5.74) is 2.29. The standard InChI is InChI=1S/C22H21BrN4O2S2/c1-26-9-7-15(8-10-26)20-14-30-22(25-20)19-13-27(21-18(19)11-16(23)12-24-21)31(28,29)17-5-3-2-4-6-17/h2-6,11-15H,7-10H2,1H3. The van der Waals surface area contributed by atoms with Crippen LogP contribution in [-0.4, -0.2) is 47.4 Å². The number of hydrogen-bond donors (Lipinski definition) is 0. The molecule has 1 aliphatic rings. The van der Waals surface area contributed by atoms with Crippen LogP contribution in [0.15, 0.2) is 63.5 Å². The molecule has 0 atom stereocenters. The number of aromatic nitrogens is 3. The van der Waals surface area contributed by atoms with E-state index in [0.717, 1.165) is 52.1 Å². The summed E-state index contributed by atoms with van der Waals surface area (Å²) in [7, 11) is -1.63. The van der Waals surface area contributed by atoms with Gasteiger partial charge in [0.1, 0.15) is 5.01 Å². The van der Waals surface area contributed by atoms with Crippen molar-refractivity contribution in [3.05, 3.63) is 64.3 Å². The first kappa shape index (κ1) is 20.8. The van der Waals surface area contributed by atoms with Gasteiger partial charge in [0.2, 0.25) is 0 Å². The summed E-state index contributed by atoms with van der Waals surface area (Å²) in [6.07, 6.45) is 5.46.